The lowest BCUT2D eigenvalue weighted by Gasteiger charge is -2.23. The van der Waals surface area contributed by atoms with Crippen LogP contribution in [0.2, 0.25) is 0 Å². The van der Waals surface area contributed by atoms with Crippen LogP contribution in [0.4, 0.5) is 0 Å². The summed E-state index contributed by atoms with van der Waals surface area (Å²) in [5.74, 6) is 0.783. The molecule has 37 heavy (non-hydrogen) atoms. The lowest BCUT2D eigenvalue weighted by Crippen LogP contribution is -2.34. The minimum absolute atomic E-state index is 0.221. The third kappa shape index (κ3) is 4.18. The molecule has 0 spiro atoms. The molecule has 1 aliphatic heterocycles. The maximum absolute atomic E-state index is 6.21. The average Bonchev–Trinajstić information content (AvgIpc) is 3.66. The summed E-state index contributed by atoms with van der Waals surface area (Å²) >= 11 is 1.81. The van der Waals surface area contributed by atoms with E-state index in [1.54, 1.807) is 6.20 Å². The number of rotatable bonds is 5. The third-order valence-electron chi connectivity index (χ3n) is 6.97. The number of hydrogen-bond donors (Lipinski definition) is 3. The van der Waals surface area contributed by atoms with Gasteiger partial charge in [0.05, 0.1) is 29.3 Å². The predicted octanol–water partition coefficient (Wildman–Crippen LogP) is 6.34. The summed E-state index contributed by atoms with van der Waals surface area (Å²) in [6.07, 6.45) is 7.69. The number of ether oxygens (including phenoxy) is 1. The fourth-order valence-corrected chi connectivity index (χ4v) is 5.99. The van der Waals surface area contributed by atoms with Crippen molar-refractivity contribution in [1.82, 2.24) is 30.5 Å². The van der Waals surface area contributed by atoms with E-state index in [0.717, 1.165) is 70.7 Å². The fourth-order valence-electron chi connectivity index (χ4n) is 5.09. The van der Waals surface area contributed by atoms with Crippen LogP contribution in [-0.4, -0.2) is 44.3 Å². The van der Waals surface area contributed by atoms with Crippen LogP contribution in [0.3, 0.4) is 0 Å². The maximum atomic E-state index is 6.21. The molecule has 0 aliphatic carbocycles. The molecule has 6 aromatic rings. The monoisotopic (exact) mass is 506 g/mol. The van der Waals surface area contributed by atoms with Gasteiger partial charge in [0.25, 0.3) is 0 Å². The molecule has 0 radical (unpaired) electrons. The summed E-state index contributed by atoms with van der Waals surface area (Å²) in [5.41, 5.74) is 6.82. The van der Waals surface area contributed by atoms with E-state index < -0.39 is 0 Å². The van der Waals surface area contributed by atoms with Crippen molar-refractivity contribution in [2.75, 3.05) is 13.1 Å². The van der Waals surface area contributed by atoms with Gasteiger partial charge in [-0.25, -0.2) is 0 Å². The number of aryl methyl sites for hydroxylation is 1. The van der Waals surface area contributed by atoms with Crippen LogP contribution in [0.5, 0.6) is 5.75 Å². The van der Waals surface area contributed by atoms with Crippen LogP contribution in [0.25, 0.3) is 54.9 Å². The molecule has 1 aromatic carbocycles. The summed E-state index contributed by atoms with van der Waals surface area (Å²) in [6.45, 7) is 4.12. The predicted molar refractivity (Wildman–Crippen MR) is 149 cm³/mol. The molecule has 0 unspecified atom stereocenters. The smallest absolute Gasteiger partial charge is 0.138 e. The summed E-state index contributed by atoms with van der Waals surface area (Å²) in [4.78, 5) is 15.3. The second kappa shape index (κ2) is 9.14. The molecule has 7 nitrogen and oxygen atoms in total. The van der Waals surface area contributed by atoms with Crippen molar-refractivity contribution in [3.05, 3.63) is 72.0 Å². The van der Waals surface area contributed by atoms with E-state index in [2.05, 4.69) is 79.9 Å². The van der Waals surface area contributed by atoms with E-state index in [9.17, 15) is 0 Å². The minimum Gasteiger partial charge on any atom is -0.489 e. The Morgan fingerprint density at radius 1 is 0.946 bits per heavy atom. The van der Waals surface area contributed by atoms with E-state index in [1.165, 1.54) is 20.7 Å². The van der Waals surface area contributed by atoms with Crippen LogP contribution in [0.15, 0.2) is 67.1 Å². The minimum atomic E-state index is 0.221. The first-order valence-corrected chi connectivity index (χ1v) is 13.4. The van der Waals surface area contributed by atoms with Crippen LogP contribution >= 0.6 is 11.3 Å². The van der Waals surface area contributed by atoms with Crippen LogP contribution < -0.4 is 10.1 Å². The number of H-pyrrole nitrogens is 2. The SMILES string of the molecule is Cc1ccc(-c2cccc3[nH]c(-c4n[nH]c5cnc(-c6cncc(OC7CCNCC7)c6)cc45)cc23)s1. The zero-order chi connectivity index (χ0) is 24.8. The molecule has 7 rings (SSSR count). The molecule has 0 amide bonds. The van der Waals surface area contributed by atoms with Gasteiger partial charge in [-0.2, -0.15) is 5.10 Å². The van der Waals surface area contributed by atoms with Gasteiger partial charge in [-0.05, 0) is 69.3 Å². The molecule has 1 saturated heterocycles. The van der Waals surface area contributed by atoms with Crippen LogP contribution in [-0.2, 0) is 0 Å². The van der Waals surface area contributed by atoms with Gasteiger partial charge < -0.3 is 15.0 Å². The number of nitrogens with one attached hydrogen (secondary N) is 3. The Kier molecular flexibility index (Phi) is 5.48. The molecule has 5 aromatic heterocycles. The Hall–Kier alpha value is -4.01. The van der Waals surface area contributed by atoms with Crippen molar-refractivity contribution >= 4 is 33.1 Å². The lowest BCUT2D eigenvalue weighted by atomic mass is 10.1. The summed E-state index contributed by atoms with van der Waals surface area (Å²) in [7, 11) is 0. The highest BCUT2D eigenvalue weighted by atomic mass is 32.1. The van der Waals surface area contributed by atoms with Gasteiger partial charge in [-0.3, -0.25) is 15.1 Å². The van der Waals surface area contributed by atoms with Gasteiger partial charge in [-0.15, -0.1) is 11.3 Å². The first-order chi connectivity index (χ1) is 18.2. The normalized spacial score (nSPS) is 14.5. The Morgan fingerprint density at radius 3 is 2.73 bits per heavy atom. The molecule has 3 N–H and O–H groups in total. The van der Waals surface area contributed by atoms with Crippen molar-refractivity contribution < 1.29 is 4.74 Å². The van der Waals surface area contributed by atoms with E-state index >= 15 is 0 Å². The molecular weight excluding hydrogens is 480 g/mol. The average molecular weight is 507 g/mol. The molecule has 0 bridgehead atoms. The third-order valence-corrected chi connectivity index (χ3v) is 8.00. The highest BCUT2D eigenvalue weighted by Crippen LogP contribution is 2.37. The maximum Gasteiger partial charge on any atom is 0.138 e. The summed E-state index contributed by atoms with van der Waals surface area (Å²) < 4.78 is 6.21. The van der Waals surface area contributed by atoms with Crippen molar-refractivity contribution in [1.29, 1.82) is 0 Å². The Morgan fingerprint density at radius 2 is 1.86 bits per heavy atom. The van der Waals surface area contributed by atoms with Gasteiger partial charge >= 0.3 is 0 Å². The number of benzene rings is 1. The van der Waals surface area contributed by atoms with Gasteiger partial charge in [-0.1, -0.05) is 12.1 Å². The summed E-state index contributed by atoms with van der Waals surface area (Å²) in [5, 5.41) is 13.4. The van der Waals surface area contributed by atoms with Crippen LogP contribution in [0.1, 0.15) is 17.7 Å². The van der Waals surface area contributed by atoms with Crippen molar-refractivity contribution in [2.45, 2.75) is 25.9 Å². The zero-order valence-electron chi connectivity index (χ0n) is 20.4. The van der Waals surface area contributed by atoms with E-state index in [1.807, 2.05) is 29.8 Å². The number of nitrogens with zero attached hydrogens (tertiary/aromatic N) is 3. The molecule has 184 valence electrons. The quantitative estimate of drug-likeness (QED) is 0.254. The lowest BCUT2D eigenvalue weighted by molar-refractivity contribution is 0.162. The standard InChI is InChI=1S/C29H26N6OS/c1-17-5-6-28(37-17)21-3-2-4-24-22(21)12-26(33-24)29-23-13-25(32-16-27(23)34-35-29)18-11-20(15-31-14-18)36-19-7-9-30-10-8-19/h2-6,11-16,19,30,33H,7-10H2,1H3,(H,34,35). The van der Waals surface area contributed by atoms with E-state index in [-0.39, 0.29) is 6.10 Å². The number of aromatic amines is 2. The number of aromatic nitrogens is 5. The number of piperidine rings is 1. The molecule has 0 atom stereocenters. The Bertz CT molecular complexity index is 1730. The molecule has 6 heterocycles. The first-order valence-electron chi connectivity index (χ1n) is 12.6. The van der Waals surface area contributed by atoms with Gasteiger partial charge in [0.2, 0.25) is 0 Å². The van der Waals surface area contributed by atoms with Gasteiger partial charge in [0.15, 0.2) is 0 Å². The summed E-state index contributed by atoms with van der Waals surface area (Å²) in [6, 6.07) is 17.1. The van der Waals surface area contributed by atoms with Crippen molar-refractivity contribution in [3.8, 4) is 38.8 Å². The van der Waals surface area contributed by atoms with Crippen molar-refractivity contribution in [2.24, 2.45) is 0 Å². The number of thiophene rings is 1. The number of hydrogen-bond acceptors (Lipinski definition) is 6. The molecule has 0 saturated carbocycles. The zero-order valence-corrected chi connectivity index (χ0v) is 21.2. The van der Waals surface area contributed by atoms with Gasteiger partial charge in [0.1, 0.15) is 17.5 Å². The largest absolute Gasteiger partial charge is 0.489 e. The topological polar surface area (TPSA) is 91.5 Å². The second-order valence-corrected chi connectivity index (χ2v) is 10.8. The van der Waals surface area contributed by atoms with Crippen molar-refractivity contribution in [3.63, 3.8) is 0 Å². The Labute approximate surface area is 217 Å². The molecule has 1 fully saturated rings. The highest BCUT2D eigenvalue weighted by Gasteiger charge is 2.17. The number of pyridine rings is 2. The van der Waals surface area contributed by atoms with Gasteiger partial charge in [0, 0.05) is 43.4 Å². The number of fused-ring (bicyclic) bond motifs is 2. The van der Waals surface area contributed by atoms with E-state index in [0.29, 0.717) is 0 Å². The Balaban J connectivity index is 1.26. The molecular formula is C29H26N6OS. The fraction of sp³-hybridized carbons (Fsp3) is 0.207. The van der Waals surface area contributed by atoms with Crippen LogP contribution in [0, 0.1) is 6.92 Å². The molecule has 8 heteroatoms. The second-order valence-electron chi connectivity index (χ2n) is 9.52. The molecule has 1 aliphatic rings. The highest BCUT2D eigenvalue weighted by molar-refractivity contribution is 7.15. The van der Waals surface area contributed by atoms with E-state index in [4.69, 9.17) is 4.74 Å². The first kappa shape index (κ1) is 22.2.